The number of aromatic nitrogens is 2. The van der Waals surface area contributed by atoms with Gasteiger partial charge in [0.05, 0.1) is 17.1 Å². The number of hydrogen-bond acceptors (Lipinski definition) is 3. The van der Waals surface area contributed by atoms with Crippen LogP contribution in [0.4, 0.5) is 4.79 Å². The monoisotopic (exact) mass is 393 g/mol. The van der Waals surface area contributed by atoms with Crippen molar-refractivity contribution in [1.82, 2.24) is 14.9 Å². The van der Waals surface area contributed by atoms with Crippen molar-refractivity contribution >= 4 is 17.1 Å². The van der Waals surface area contributed by atoms with Crippen LogP contribution in [-0.4, -0.2) is 21.2 Å². The van der Waals surface area contributed by atoms with Gasteiger partial charge in [-0.25, -0.2) is 9.78 Å². The first-order chi connectivity index (χ1) is 13.6. The molecule has 0 unspecified atom stereocenters. The van der Waals surface area contributed by atoms with Crippen molar-refractivity contribution in [3.63, 3.8) is 0 Å². The number of nitrogens with one attached hydrogen (secondary N) is 1. The fourth-order valence-corrected chi connectivity index (χ4v) is 3.45. The van der Waals surface area contributed by atoms with E-state index < -0.39 is 11.7 Å². The molecule has 0 aliphatic heterocycles. The van der Waals surface area contributed by atoms with Crippen LogP contribution in [0.25, 0.3) is 11.0 Å². The van der Waals surface area contributed by atoms with E-state index in [0.717, 1.165) is 16.9 Å². The third kappa shape index (κ3) is 5.17. The molecule has 0 bridgehead atoms. The smallest absolute Gasteiger partial charge is 0.408 e. The summed E-state index contributed by atoms with van der Waals surface area (Å²) in [5.41, 5.74) is 3.86. The minimum absolute atomic E-state index is 0.149. The Kier molecular flexibility index (Phi) is 5.96. The summed E-state index contributed by atoms with van der Waals surface area (Å²) in [4.78, 5) is 17.4. The van der Waals surface area contributed by atoms with E-state index in [1.165, 1.54) is 11.1 Å². The summed E-state index contributed by atoms with van der Waals surface area (Å²) >= 11 is 0. The minimum Gasteiger partial charge on any atom is -0.444 e. The van der Waals surface area contributed by atoms with Gasteiger partial charge in [-0.05, 0) is 51.3 Å². The average Bonchev–Trinajstić information content (AvgIpc) is 2.96. The second kappa shape index (κ2) is 8.27. The summed E-state index contributed by atoms with van der Waals surface area (Å²) in [6, 6.07) is 16.3. The molecule has 2 aromatic carbocycles. The Morgan fingerprint density at radius 1 is 1.14 bits per heavy atom. The number of amides is 1. The summed E-state index contributed by atoms with van der Waals surface area (Å²) in [6.45, 7) is 12.5. The first-order valence-electron chi connectivity index (χ1n) is 10.1. The molecule has 0 radical (unpaired) electrons. The second-order valence-electron chi connectivity index (χ2n) is 8.90. The lowest BCUT2D eigenvalue weighted by atomic mass is 10.0. The zero-order chi connectivity index (χ0) is 21.2. The molecular weight excluding hydrogens is 362 g/mol. The van der Waals surface area contributed by atoms with Crippen molar-refractivity contribution in [3.8, 4) is 0 Å². The number of carbonyl (C=O) groups is 1. The van der Waals surface area contributed by atoms with Gasteiger partial charge in [0.1, 0.15) is 11.4 Å². The minimum atomic E-state index is -0.548. The van der Waals surface area contributed by atoms with Crippen LogP contribution in [0.3, 0.4) is 0 Å². The summed E-state index contributed by atoms with van der Waals surface area (Å²) in [6.07, 6.45) is -0.426. The van der Waals surface area contributed by atoms with Gasteiger partial charge in [0, 0.05) is 6.54 Å². The third-order valence-electron chi connectivity index (χ3n) is 4.72. The second-order valence-corrected chi connectivity index (χ2v) is 8.90. The van der Waals surface area contributed by atoms with Crippen molar-refractivity contribution in [2.24, 2.45) is 5.92 Å². The molecule has 1 N–H and O–H groups in total. The van der Waals surface area contributed by atoms with Gasteiger partial charge in [0.15, 0.2) is 0 Å². The van der Waals surface area contributed by atoms with E-state index in [-0.39, 0.29) is 12.0 Å². The van der Waals surface area contributed by atoms with Crippen LogP contribution in [0.15, 0.2) is 48.5 Å². The normalized spacial score (nSPS) is 12.9. The lowest BCUT2D eigenvalue weighted by molar-refractivity contribution is 0.0485. The standard InChI is InChI=1S/C24H31N3O2/c1-16(2)21(26-23(28)29-24(4,5)6)22-25-19-12-7-8-13-20(19)27(22)15-18-11-9-10-17(3)14-18/h7-14,16,21H,15H2,1-6H3,(H,26,28)/t21-/m0/s1. The van der Waals surface area contributed by atoms with Gasteiger partial charge in [-0.1, -0.05) is 55.8 Å². The van der Waals surface area contributed by atoms with Gasteiger partial charge in [-0.3, -0.25) is 0 Å². The van der Waals surface area contributed by atoms with E-state index >= 15 is 0 Å². The Morgan fingerprint density at radius 3 is 2.52 bits per heavy atom. The lowest BCUT2D eigenvalue weighted by Crippen LogP contribution is -2.38. The number of imidazole rings is 1. The lowest BCUT2D eigenvalue weighted by Gasteiger charge is -2.26. The molecule has 29 heavy (non-hydrogen) atoms. The molecule has 1 amide bonds. The molecule has 5 nitrogen and oxygen atoms in total. The molecule has 3 aromatic rings. The predicted molar refractivity (Wildman–Crippen MR) is 117 cm³/mol. The molecule has 154 valence electrons. The fraction of sp³-hybridized carbons (Fsp3) is 0.417. The van der Waals surface area contributed by atoms with Gasteiger partial charge >= 0.3 is 6.09 Å². The Labute approximate surface area is 173 Å². The van der Waals surface area contributed by atoms with Crippen LogP contribution in [0, 0.1) is 12.8 Å². The highest BCUT2D eigenvalue weighted by Gasteiger charge is 2.27. The molecule has 1 aromatic heterocycles. The molecular formula is C24H31N3O2. The SMILES string of the molecule is Cc1cccc(Cn2c([C@@H](NC(=O)OC(C)(C)C)C(C)C)nc3ccccc32)c1. The number of ether oxygens (including phenoxy) is 1. The number of nitrogens with zero attached hydrogens (tertiary/aromatic N) is 2. The molecule has 0 aliphatic carbocycles. The zero-order valence-electron chi connectivity index (χ0n) is 18.2. The van der Waals surface area contributed by atoms with Gasteiger partial charge in [0.2, 0.25) is 0 Å². The van der Waals surface area contributed by atoms with Crippen molar-refractivity contribution in [1.29, 1.82) is 0 Å². The molecule has 5 heteroatoms. The van der Waals surface area contributed by atoms with E-state index in [1.54, 1.807) is 0 Å². The Bertz CT molecular complexity index is 999. The van der Waals surface area contributed by atoms with E-state index in [2.05, 4.69) is 61.0 Å². The number of rotatable bonds is 5. The largest absolute Gasteiger partial charge is 0.444 e. The molecule has 0 aliphatic rings. The van der Waals surface area contributed by atoms with Gasteiger partial charge < -0.3 is 14.6 Å². The number of alkyl carbamates (subject to hydrolysis) is 1. The maximum atomic E-state index is 12.5. The van der Waals surface area contributed by atoms with Gasteiger partial charge in [0.25, 0.3) is 0 Å². The molecule has 0 saturated heterocycles. The van der Waals surface area contributed by atoms with Crippen molar-refractivity contribution in [2.45, 2.75) is 59.7 Å². The van der Waals surface area contributed by atoms with E-state index in [9.17, 15) is 4.79 Å². The number of hydrogen-bond donors (Lipinski definition) is 1. The first kappa shape index (κ1) is 20.9. The number of fused-ring (bicyclic) bond motifs is 1. The molecule has 1 heterocycles. The summed E-state index contributed by atoms with van der Waals surface area (Å²) in [5.74, 6) is 0.990. The number of carbonyl (C=O) groups excluding carboxylic acids is 1. The Hall–Kier alpha value is -2.82. The Morgan fingerprint density at radius 2 is 1.86 bits per heavy atom. The number of aryl methyl sites for hydroxylation is 1. The molecule has 0 spiro atoms. The average molecular weight is 394 g/mol. The van der Waals surface area contributed by atoms with Crippen LogP contribution in [0.1, 0.15) is 57.6 Å². The molecule has 1 atom stereocenters. The number of benzene rings is 2. The molecule has 3 rings (SSSR count). The van der Waals surface area contributed by atoms with E-state index in [1.807, 2.05) is 39.0 Å². The van der Waals surface area contributed by atoms with Crippen molar-refractivity contribution in [3.05, 3.63) is 65.5 Å². The first-order valence-corrected chi connectivity index (χ1v) is 10.1. The quantitative estimate of drug-likeness (QED) is 0.612. The highest BCUT2D eigenvalue weighted by atomic mass is 16.6. The number of para-hydroxylation sites is 2. The predicted octanol–water partition coefficient (Wildman–Crippen LogP) is 5.61. The van der Waals surface area contributed by atoms with Gasteiger partial charge in [-0.2, -0.15) is 0 Å². The summed E-state index contributed by atoms with van der Waals surface area (Å²) < 4.78 is 7.70. The molecule has 0 fully saturated rings. The maximum absolute atomic E-state index is 12.5. The summed E-state index contributed by atoms with van der Waals surface area (Å²) in [7, 11) is 0. The molecule has 0 saturated carbocycles. The van der Waals surface area contributed by atoms with Crippen LogP contribution in [0.2, 0.25) is 0 Å². The van der Waals surface area contributed by atoms with E-state index in [0.29, 0.717) is 6.54 Å². The van der Waals surface area contributed by atoms with Crippen LogP contribution in [0.5, 0.6) is 0 Å². The highest BCUT2D eigenvalue weighted by molar-refractivity contribution is 5.76. The maximum Gasteiger partial charge on any atom is 0.408 e. The zero-order valence-corrected chi connectivity index (χ0v) is 18.2. The topological polar surface area (TPSA) is 56.2 Å². The highest BCUT2D eigenvalue weighted by Crippen LogP contribution is 2.27. The summed E-state index contributed by atoms with van der Waals surface area (Å²) in [5, 5.41) is 3.04. The van der Waals surface area contributed by atoms with Crippen LogP contribution >= 0.6 is 0 Å². The van der Waals surface area contributed by atoms with Crippen LogP contribution < -0.4 is 5.32 Å². The fourth-order valence-electron chi connectivity index (χ4n) is 3.45. The van der Waals surface area contributed by atoms with E-state index in [4.69, 9.17) is 9.72 Å². The third-order valence-corrected chi connectivity index (χ3v) is 4.72. The van der Waals surface area contributed by atoms with Crippen molar-refractivity contribution in [2.75, 3.05) is 0 Å². The van der Waals surface area contributed by atoms with Crippen molar-refractivity contribution < 1.29 is 9.53 Å². The Balaban J connectivity index is 2.02. The van der Waals surface area contributed by atoms with Gasteiger partial charge in [-0.15, -0.1) is 0 Å². The van der Waals surface area contributed by atoms with Crippen LogP contribution in [-0.2, 0) is 11.3 Å².